The summed E-state index contributed by atoms with van der Waals surface area (Å²) < 4.78 is 40.5. The molecule has 1 aliphatic heterocycles. The number of halogens is 3. The summed E-state index contributed by atoms with van der Waals surface area (Å²) >= 11 is 0. The summed E-state index contributed by atoms with van der Waals surface area (Å²) in [6, 6.07) is 16.2. The van der Waals surface area contributed by atoms with Crippen LogP contribution in [0.4, 0.5) is 13.2 Å². The summed E-state index contributed by atoms with van der Waals surface area (Å²) in [5.74, 6) is -0.108. The number of hydrogen-bond acceptors (Lipinski definition) is 1. The molecule has 0 aliphatic carbocycles. The van der Waals surface area contributed by atoms with Crippen molar-refractivity contribution in [3.63, 3.8) is 0 Å². The summed E-state index contributed by atoms with van der Waals surface area (Å²) in [6.45, 7) is 0.324. The van der Waals surface area contributed by atoms with Crippen molar-refractivity contribution >= 4 is 5.78 Å². The summed E-state index contributed by atoms with van der Waals surface area (Å²) in [4.78, 5) is 12.5. The zero-order valence-corrected chi connectivity index (χ0v) is 13.0. The summed E-state index contributed by atoms with van der Waals surface area (Å²) in [5, 5.41) is 0. The van der Waals surface area contributed by atoms with Gasteiger partial charge < -0.3 is 0 Å². The number of fused-ring (bicyclic) bond motifs is 3. The molecule has 4 rings (SSSR count). The van der Waals surface area contributed by atoms with E-state index in [2.05, 4.69) is 0 Å². The summed E-state index contributed by atoms with van der Waals surface area (Å²) in [6.07, 6.45) is -2.65. The molecule has 0 amide bonds. The predicted molar refractivity (Wildman–Crippen MR) is 86.1 cm³/mol. The summed E-state index contributed by atoms with van der Waals surface area (Å²) in [5.41, 5.74) is 2.64. The standard InChI is InChI=1S/C20H13F3NO/c21-20(22,23)16-7-8-17-15(10-16)12-24-11-14(6-9-18(17)24)19(25)13-4-2-1-3-5-13/h1-11H,12H2/q+1. The van der Waals surface area contributed by atoms with E-state index in [1.54, 1.807) is 42.6 Å². The Labute approximate surface area is 142 Å². The van der Waals surface area contributed by atoms with Gasteiger partial charge in [0, 0.05) is 17.2 Å². The van der Waals surface area contributed by atoms with Crippen molar-refractivity contribution in [3.05, 3.63) is 89.1 Å². The van der Waals surface area contributed by atoms with E-state index < -0.39 is 11.7 Å². The molecule has 0 unspecified atom stereocenters. The third kappa shape index (κ3) is 2.71. The van der Waals surface area contributed by atoms with Gasteiger partial charge in [-0.2, -0.15) is 17.7 Å². The highest BCUT2D eigenvalue weighted by Crippen LogP contribution is 2.34. The molecule has 0 saturated carbocycles. The molecule has 2 aromatic carbocycles. The van der Waals surface area contributed by atoms with Gasteiger partial charge in [-0.25, -0.2) is 0 Å². The summed E-state index contributed by atoms with van der Waals surface area (Å²) in [7, 11) is 0. The Morgan fingerprint density at radius 3 is 2.40 bits per heavy atom. The van der Waals surface area contributed by atoms with E-state index in [9.17, 15) is 18.0 Å². The second kappa shape index (κ2) is 5.55. The minimum atomic E-state index is -4.36. The lowest BCUT2D eigenvalue weighted by atomic mass is 10.0. The Kier molecular flexibility index (Phi) is 3.46. The van der Waals surface area contributed by atoms with E-state index >= 15 is 0 Å². The first-order chi connectivity index (χ1) is 11.9. The van der Waals surface area contributed by atoms with Gasteiger partial charge in [0.15, 0.2) is 18.5 Å². The quantitative estimate of drug-likeness (QED) is 0.395. The van der Waals surface area contributed by atoms with Crippen LogP contribution in [0.5, 0.6) is 0 Å². The number of hydrogen-bond donors (Lipinski definition) is 0. The molecule has 1 aliphatic rings. The Morgan fingerprint density at radius 1 is 0.920 bits per heavy atom. The molecule has 25 heavy (non-hydrogen) atoms. The molecule has 0 atom stereocenters. The number of pyridine rings is 1. The molecule has 124 valence electrons. The van der Waals surface area contributed by atoms with Crippen LogP contribution in [0.25, 0.3) is 11.3 Å². The van der Waals surface area contributed by atoms with E-state index in [1.165, 1.54) is 12.1 Å². The van der Waals surface area contributed by atoms with Gasteiger partial charge in [-0.15, -0.1) is 0 Å². The molecule has 3 aromatic rings. The number of ketones is 1. The average molecular weight is 340 g/mol. The van der Waals surface area contributed by atoms with Crippen LogP contribution in [0.15, 0.2) is 66.9 Å². The number of alkyl halides is 3. The number of rotatable bonds is 2. The zero-order valence-electron chi connectivity index (χ0n) is 13.0. The first-order valence-corrected chi connectivity index (χ1v) is 7.77. The van der Waals surface area contributed by atoms with Crippen molar-refractivity contribution in [2.45, 2.75) is 12.7 Å². The third-order valence-electron chi connectivity index (χ3n) is 4.37. The molecular formula is C20H13F3NO+. The van der Waals surface area contributed by atoms with Gasteiger partial charge in [0.1, 0.15) is 0 Å². The van der Waals surface area contributed by atoms with Crippen LogP contribution >= 0.6 is 0 Å². The molecule has 5 heteroatoms. The smallest absolute Gasteiger partial charge is 0.288 e. The van der Waals surface area contributed by atoms with Crippen LogP contribution in [-0.4, -0.2) is 5.78 Å². The topological polar surface area (TPSA) is 20.9 Å². The highest BCUT2D eigenvalue weighted by atomic mass is 19.4. The number of carbonyl (C=O) groups is 1. The molecule has 0 bridgehead atoms. The third-order valence-corrected chi connectivity index (χ3v) is 4.37. The van der Waals surface area contributed by atoms with Gasteiger partial charge in [0.2, 0.25) is 5.69 Å². The van der Waals surface area contributed by atoms with Crippen molar-refractivity contribution < 1.29 is 22.5 Å². The molecule has 0 N–H and O–H groups in total. The van der Waals surface area contributed by atoms with Gasteiger partial charge in [-0.3, -0.25) is 4.79 Å². The highest BCUT2D eigenvalue weighted by molar-refractivity contribution is 6.08. The number of aromatic nitrogens is 1. The number of nitrogens with zero attached hydrogens (tertiary/aromatic N) is 1. The van der Waals surface area contributed by atoms with Crippen LogP contribution < -0.4 is 4.57 Å². The number of benzene rings is 2. The van der Waals surface area contributed by atoms with E-state index in [1.807, 2.05) is 10.6 Å². The fourth-order valence-electron chi connectivity index (χ4n) is 3.14. The monoisotopic (exact) mass is 340 g/mol. The fraction of sp³-hybridized carbons (Fsp3) is 0.100. The minimum Gasteiger partial charge on any atom is -0.288 e. The zero-order chi connectivity index (χ0) is 17.6. The Hall–Kier alpha value is -2.95. The van der Waals surface area contributed by atoms with Gasteiger partial charge in [0.25, 0.3) is 0 Å². The van der Waals surface area contributed by atoms with Crippen LogP contribution in [0.1, 0.15) is 27.0 Å². The SMILES string of the molecule is O=C(c1ccccc1)c1ccc2[n+](c1)Cc1cc(C(F)(F)F)ccc1-2. The fourth-order valence-corrected chi connectivity index (χ4v) is 3.14. The lowest BCUT2D eigenvalue weighted by Crippen LogP contribution is -2.33. The minimum absolute atomic E-state index is 0.108. The maximum absolute atomic E-state index is 12.9. The van der Waals surface area contributed by atoms with Crippen LogP contribution in [0, 0.1) is 0 Å². The lowest BCUT2D eigenvalue weighted by molar-refractivity contribution is -0.672. The molecule has 0 saturated heterocycles. The van der Waals surface area contributed by atoms with Gasteiger partial charge in [-0.1, -0.05) is 30.3 Å². The lowest BCUT2D eigenvalue weighted by Gasteiger charge is -2.06. The Balaban J connectivity index is 1.71. The van der Waals surface area contributed by atoms with Crippen LogP contribution in [0.3, 0.4) is 0 Å². The second-order valence-corrected chi connectivity index (χ2v) is 6.00. The normalized spacial score (nSPS) is 12.6. The number of carbonyl (C=O) groups excluding carboxylic acids is 1. The van der Waals surface area contributed by atoms with E-state index in [0.29, 0.717) is 23.2 Å². The Morgan fingerprint density at radius 2 is 1.68 bits per heavy atom. The van der Waals surface area contributed by atoms with Crippen LogP contribution in [-0.2, 0) is 12.7 Å². The first kappa shape index (κ1) is 15.6. The van der Waals surface area contributed by atoms with Crippen molar-refractivity contribution in [2.24, 2.45) is 0 Å². The van der Waals surface area contributed by atoms with Crippen molar-refractivity contribution in [1.29, 1.82) is 0 Å². The maximum Gasteiger partial charge on any atom is 0.416 e. The largest absolute Gasteiger partial charge is 0.416 e. The van der Waals surface area contributed by atoms with Crippen LogP contribution in [0.2, 0.25) is 0 Å². The van der Waals surface area contributed by atoms with Crippen molar-refractivity contribution in [3.8, 4) is 11.3 Å². The average Bonchev–Trinajstić information content (AvgIpc) is 2.98. The molecule has 1 aromatic heterocycles. The predicted octanol–water partition coefficient (Wildman–Crippen LogP) is 4.25. The van der Waals surface area contributed by atoms with Gasteiger partial charge in [-0.05, 0) is 24.3 Å². The molecule has 2 heterocycles. The molecule has 2 nitrogen and oxygen atoms in total. The second-order valence-electron chi connectivity index (χ2n) is 6.00. The molecular weight excluding hydrogens is 327 g/mol. The van der Waals surface area contributed by atoms with Crippen molar-refractivity contribution in [1.82, 2.24) is 0 Å². The van der Waals surface area contributed by atoms with E-state index in [4.69, 9.17) is 0 Å². The first-order valence-electron chi connectivity index (χ1n) is 7.77. The van der Waals surface area contributed by atoms with Gasteiger partial charge in [0.05, 0.1) is 16.7 Å². The highest BCUT2D eigenvalue weighted by Gasteiger charge is 2.34. The van der Waals surface area contributed by atoms with Gasteiger partial charge >= 0.3 is 6.18 Å². The maximum atomic E-state index is 12.9. The van der Waals surface area contributed by atoms with E-state index in [-0.39, 0.29) is 5.78 Å². The Bertz CT molecular complexity index is 978. The molecule has 0 spiro atoms. The molecule has 0 fully saturated rings. The molecule has 0 radical (unpaired) electrons. The van der Waals surface area contributed by atoms with E-state index in [0.717, 1.165) is 17.3 Å². The van der Waals surface area contributed by atoms with Crippen molar-refractivity contribution in [2.75, 3.05) is 0 Å².